The van der Waals surface area contributed by atoms with E-state index >= 15 is 0 Å². The molecule has 2 atom stereocenters. The fourth-order valence-corrected chi connectivity index (χ4v) is 4.87. The maximum atomic E-state index is 6.01. The molecule has 28 heavy (non-hydrogen) atoms. The van der Waals surface area contributed by atoms with Gasteiger partial charge in [-0.1, -0.05) is 24.3 Å². The van der Waals surface area contributed by atoms with Gasteiger partial charge in [-0.15, -0.1) is 11.3 Å². The molecule has 2 N–H and O–H groups in total. The number of fused-ring (bicyclic) bond motifs is 1. The minimum absolute atomic E-state index is 0.173. The van der Waals surface area contributed by atoms with Crippen molar-refractivity contribution in [2.45, 2.75) is 31.9 Å². The lowest BCUT2D eigenvalue weighted by atomic mass is 9.98. The van der Waals surface area contributed by atoms with Gasteiger partial charge in [0.25, 0.3) is 0 Å². The molecular weight excluding hydrogens is 368 g/mol. The van der Waals surface area contributed by atoms with Crippen LogP contribution in [-0.2, 0) is 13.0 Å². The molecular formula is C22H30N4OS. The average Bonchev–Trinajstić information content (AvgIpc) is 3.37. The molecule has 0 bridgehead atoms. The average molecular weight is 399 g/mol. The Bertz CT molecular complexity index is 752. The molecule has 0 radical (unpaired) electrons. The van der Waals surface area contributed by atoms with E-state index < -0.39 is 0 Å². The predicted molar refractivity (Wildman–Crippen MR) is 116 cm³/mol. The SMILES string of the molecule is CN=C(NCC1CCCN(Cc2cccs2)C1)NCC1Cc2ccccc2O1. The van der Waals surface area contributed by atoms with Gasteiger partial charge in [0.05, 0.1) is 6.54 Å². The highest BCUT2D eigenvalue weighted by molar-refractivity contribution is 7.09. The zero-order valence-electron chi connectivity index (χ0n) is 16.6. The van der Waals surface area contributed by atoms with E-state index in [1.54, 1.807) is 0 Å². The van der Waals surface area contributed by atoms with E-state index in [0.717, 1.165) is 44.3 Å². The Labute approximate surface area is 171 Å². The number of hydrogen-bond acceptors (Lipinski definition) is 4. The molecule has 1 aromatic carbocycles. The van der Waals surface area contributed by atoms with Gasteiger partial charge in [0, 0.05) is 38.0 Å². The second-order valence-electron chi connectivity index (χ2n) is 7.71. The van der Waals surface area contributed by atoms with E-state index in [0.29, 0.717) is 5.92 Å². The molecule has 1 aromatic heterocycles. The van der Waals surface area contributed by atoms with Gasteiger partial charge in [-0.05, 0) is 48.4 Å². The van der Waals surface area contributed by atoms with Crippen LogP contribution in [0.25, 0.3) is 0 Å². The van der Waals surface area contributed by atoms with Crippen LogP contribution in [0.15, 0.2) is 46.8 Å². The first-order valence-electron chi connectivity index (χ1n) is 10.2. The Morgan fingerprint density at radius 2 is 2.11 bits per heavy atom. The lowest BCUT2D eigenvalue weighted by molar-refractivity contribution is 0.169. The number of guanidine groups is 1. The first-order chi connectivity index (χ1) is 13.8. The number of benzene rings is 1. The summed E-state index contributed by atoms with van der Waals surface area (Å²) in [5, 5.41) is 9.13. The molecule has 0 saturated carbocycles. The minimum atomic E-state index is 0.173. The van der Waals surface area contributed by atoms with Crippen molar-refractivity contribution in [3.05, 3.63) is 52.2 Å². The zero-order chi connectivity index (χ0) is 19.2. The summed E-state index contributed by atoms with van der Waals surface area (Å²) in [6.07, 6.45) is 3.69. The highest BCUT2D eigenvalue weighted by atomic mass is 32.1. The number of thiophene rings is 1. The van der Waals surface area contributed by atoms with Gasteiger partial charge in [-0.2, -0.15) is 0 Å². The molecule has 150 valence electrons. The standard InChI is InChI=1S/C22H30N4OS/c1-23-22(25-14-19-12-18-7-2-3-9-21(18)27-19)24-13-17-6-4-10-26(15-17)16-20-8-5-11-28-20/h2-3,5,7-9,11,17,19H,4,6,10,12-16H2,1H3,(H2,23,24,25). The number of piperidine rings is 1. The van der Waals surface area contributed by atoms with Gasteiger partial charge in [0.1, 0.15) is 11.9 Å². The third kappa shape index (κ3) is 5.06. The molecule has 6 heteroatoms. The number of para-hydroxylation sites is 1. The normalized spacial score (nSPS) is 22.5. The first kappa shape index (κ1) is 19.3. The topological polar surface area (TPSA) is 48.9 Å². The molecule has 1 saturated heterocycles. The van der Waals surface area contributed by atoms with Crippen LogP contribution in [0.2, 0.25) is 0 Å². The van der Waals surface area contributed by atoms with Crippen molar-refractivity contribution < 1.29 is 4.74 Å². The molecule has 4 rings (SSSR count). The van der Waals surface area contributed by atoms with Gasteiger partial charge >= 0.3 is 0 Å². The minimum Gasteiger partial charge on any atom is -0.488 e. The Hall–Kier alpha value is -2.05. The van der Waals surface area contributed by atoms with Crippen molar-refractivity contribution in [3.63, 3.8) is 0 Å². The van der Waals surface area contributed by atoms with Crippen LogP contribution in [0.3, 0.4) is 0 Å². The van der Waals surface area contributed by atoms with Crippen molar-refractivity contribution in [2.75, 3.05) is 33.2 Å². The van der Waals surface area contributed by atoms with Crippen LogP contribution < -0.4 is 15.4 Å². The van der Waals surface area contributed by atoms with Crippen LogP contribution in [-0.4, -0.2) is 50.2 Å². The summed E-state index contributed by atoms with van der Waals surface area (Å²) in [5.41, 5.74) is 1.30. The third-order valence-electron chi connectivity index (χ3n) is 5.56. The van der Waals surface area contributed by atoms with Crippen LogP contribution in [0.4, 0.5) is 0 Å². The van der Waals surface area contributed by atoms with Gasteiger partial charge in [0.15, 0.2) is 5.96 Å². The Kier molecular flexibility index (Phi) is 6.49. The quantitative estimate of drug-likeness (QED) is 0.580. The largest absolute Gasteiger partial charge is 0.488 e. The van der Waals surface area contributed by atoms with Crippen LogP contribution in [0.1, 0.15) is 23.3 Å². The molecule has 2 aliphatic heterocycles. The summed E-state index contributed by atoms with van der Waals surface area (Å²) in [6, 6.07) is 12.7. The number of rotatable bonds is 6. The second-order valence-corrected chi connectivity index (χ2v) is 8.74. The molecule has 2 aliphatic rings. The zero-order valence-corrected chi connectivity index (χ0v) is 17.4. The Morgan fingerprint density at radius 3 is 2.93 bits per heavy atom. The molecule has 1 fully saturated rings. The molecule has 5 nitrogen and oxygen atoms in total. The summed E-state index contributed by atoms with van der Waals surface area (Å²) >= 11 is 1.86. The fraction of sp³-hybridized carbons (Fsp3) is 0.500. The predicted octanol–water partition coefficient (Wildman–Crippen LogP) is 3.13. The Morgan fingerprint density at radius 1 is 1.21 bits per heavy atom. The molecule has 0 aliphatic carbocycles. The molecule has 0 spiro atoms. The Balaban J connectivity index is 1.19. The lowest BCUT2D eigenvalue weighted by Gasteiger charge is -2.32. The number of nitrogens with zero attached hydrogens (tertiary/aromatic N) is 2. The summed E-state index contributed by atoms with van der Waals surface area (Å²) in [5.74, 6) is 2.56. The summed E-state index contributed by atoms with van der Waals surface area (Å²) in [6.45, 7) is 5.18. The van der Waals surface area contributed by atoms with Gasteiger partial charge in [0.2, 0.25) is 0 Å². The van der Waals surface area contributed by atoms with E-state index in [4.69, 9.17) is 4.74 Å². The number of ether oxygens (including phenoxy) is 1. The smallest absolute Gasteiger partial charge is 0.191 e. The second kappa shape index (κ2) is 9.43. The van der Waals surface area contributed by atoms with Crippen molar-refractivity contribution in [2.24, 2.45) is 10.9 Å². The van der Waals surface area contributed by atoms with Crippen LogP contribution >= 0.6 is 11.3 Å². The first-order valence-corrected chi connectivity index (χ1v) is 11.1. The number of nitrogens with one attached hydrogen (secondary N) is 2. The van der Waals surface area contributed by atoms with E-state index in [9.17, 15) is 0 Å². The number of aliphatic imine (C=N–C) groups is 1. The van der Waals surface area contributed by atoms with Crippen LogP contribution in [0.5, 0.6) is 5.75 Å². The summed E-state index contributed by atoms with van der Waals surface area (Å²) in [7, 11) is 1.84. The van der Waals surface area contributed by atoms with Crippen molar-refractivity contribution in [1.82, 2.24) is 15.5 Å². The third-order valence-corrected chi connectivity index (χ3v) is 6.42. The van der Waals surface area contributed by atoms with E-state index in [1.165, 1.54) is 29.8 Å². The van der Waals surface area contributed by atoms with E-state index in [1.807, 2.05) is 30.5 Å². The molecule has 2 aromatic rings. The van der Waals surface area contributed by atoms with Crippen molar-refractivity contribution in [1.29, 1.82) is 0 Å². The van der Waals surface area contributed by atoms with Crippen molar-refractivity contribution in [3.8, 4) is 5.75 Å². The highest BCUT2D eigenvalue weighted by Gasteiger charge is 2.23. The van der Waals surface area contributed by atoms with Gasteiger partial charge in [-0.3, -0.25) is 9.89 Å². The summed E-state index contributed by atoms with van der Waals surface area (Å²) < 4.78 is 6.01. The monoisotopic (exact) mass is 398 g/mol. The number of hydrogen-bond donors (Lipinski definition) is 2. The van der Waals surface area contributed by atoms with Crippen molar-refractivity contribution >= 4 is 17.3 Å². The van der Waals surface area contributed by atoms with E-state index in [2.05, 4.69) is 50.2 Å². The number of likely N-dealkylation sites (tertiary alicyclic amines) is 1. The maximum Gasteiger partial charge on any atom is 0.191 e. The van der Waals surface area contributed by atoms with Gasteiger partial charge in [-0.25, -0.2) is 0 Å². The molecule has 3 heterocycles. The fourth-order valence-electron chi connectivity index (χ4n) is 4.12. The lowest BCUT2D eigenvalue weighted by Crippen LogP contribution is -2.46. The molecule has 2 unspecified atom stereocenters. The molecule has 0 amide bonds. The van der Waals surface area contributed by atoms with Gasteiger partial charge < -0.3 is 15.4 Å². The summed E-state index contributed by atoms with van der Waals surface area (Å²) in [4.78, 5) is 8.44. The van der Waals surface area contributed by atoms with E-state index in [-0.39, 0.29) is 6.10 Å². The van der Waals surface area contributed by atoms with Crippen LogP contribution in [0, 0.1) is 5.92 Å². The highest BCUT2D eigenvalue weighted by Crippen LogP contribution is 2.27. The maximum absolute atomic E-state index is 6.01.